The predicted molar refractivity (Wildman–Crippen MR) is 133 cm³/mol. The van der Waals surface area contributed by atoms with E-state index < -0.39 is 26.0 Å². The Balaban J connectivity index is 1.67. The second kappa shape index (κ2) is 11.0. The minimum absolute atomic E-state index is 0.0731. The molecule has 1 heterocycles. The first-order chi connectivity index (χ1) is 16.5. The molecule has 1 fully saturated rings. The molecule has 1 aliphatic rings. The summed E-state index contributed by atoms with van der Waals surface area (Å²) in [6, 6.07) is 10.4. The van der Waals surface area contributed by atoms with E-state index >= 15 is 0 Å². The summed E-state index contributed by atoms with van der Waals surface area (Å²) in [4.78, 5) is 14.9. The van der Waals surface area contributed by atoms with Gasteiger partial charge < -0.3 is 15.0 Å². The molecule has 0 bridgehead atoms. The van der Waals surface area contributed by atoms with Crippen LogP contribution in [0.4, 0.5) is 5.69 Å². The average molecular weight is 525 g/mol. The number of carbonyl (C=O) groups is 1. The van der Waals surface area contributed by atoms with Crippen LogP contribution < -0.4 is 10.1 Å². The highest BCUT2D eigenvalue weighted by Crippen LogP contribution is 2.24. The Bertz CT molecular complexity index is 1260. The first kappa shape index (κ1) is 27.1. The summed E-state index contributed by atoms with van der Waals surface area (Å²) in [5.41, 5.74) is 1.04. The number of amides is 1. The Morgan fingerprint density at radius 1 is 1.00 bits per heavy atom. The molecule has 10 nitrogen and oxygen atoms in total. The van der Waals surface area contributed by atoms with Crippen molar-refractivity contribution in [2.24, 2.45) is 0 Å². The van der Waals surface area contributed by atoms with Crippen LogP contribution in [-0.4, -0.2) is 89.7 Å². The zero-order valence-electron chi connectivity index (χ0n) is 20.4. The van der Waals surface area contributed by atoms with Gasteiger partial charge in [0.2, 0.25) is 26.0 Å². The first-order valence-corrected chi connectivity index (χ1v) is 14.1. The molecule has 0 saturated carbocycles. The van der Waals surface area contributed by atoms with E-state index in [-0.39, 0.29) is 22.9 Å². The SMILES string of the molecule is CCN(CC(=O)Nc1ccc(S(=O)(=O)N2CCN(C)CC2)cc1)S(=O)(=O)c1ccc(OC)c(C)c1. The molecule has 3 rings (SSSR count). The third-order valence-electron chi connectivity index (χ3n) is 5.91. The summed E-state index contributed by atoms with van der Waals surface area (Å²) < 4.78 is 59.6. The van der Waals surface area contributed by atoms with Crippen molar-refractivity contribution in [1.29, 1.82) is 0 Å². The van der Waals surface area contributed by atoms with Crippen molar-refractivity contribution < 1.29 is 26.4 Å². The van der Waals surface area contributed by atoms with E-state index in [2.05, 4.69) is 10.2 Å². The second-order valence-corrected chi connectivity index (χ2v) is 12.2. The molecular weight excluding hydrogens is 492 g/mol. The summed E-state index contributed by atoms with van der Waals surface area (Å²) in [5.74, 6) is 0.0400. The smallest absolute Gasteiger partial charge is 0.243 e. The van der Waals surface area contributed by atoms with Gasteiger partial charge in [-0.2, -0.15) is 8.61 Å². The molecule has 0 aromatic heterocycles. The fourth-order valence-electron chi connectivity index (χ4n) is 3.78. The molecule has 0 spiro atoms. The van der Waals surface area contributed by atoms with Gasteiger partial charge in [-0.25, -0.2) is 16.8 Å². The number of hydrogen-bond acceptors (Lipinski definition) is 7. The average Bonchev–Trinajstić information content (AvgIpc) is 2.83. The van der Waals surface area contributed by atoms with Gasteiger partial charge in [0.1, 0.15) is 5.75 Å². The molecular formula is C23H32N4O6S2. The van der Waals surface area contributed by atoms with Gasteiger partial charge >= 0.3 is 0 Å². The number of rotatable bonds is 9. The molecule has 1 amide bonds. The molecule has 2 aromatic rings. The van der Waals surface area contributed by atoms with Crippen molar-refractivity contribution in [3.05, 3.63) is 48.0 Å². The van der Waals surface area contributed by atoms with Gasteiger partial charge in [0.05, 0.1) is 23.4 Å². The zero-order chi connectivity index (χ0) is 25.8. The third-order valence-corrected chi connectivity index (χ3v) is 9.74. The minimum Gasteiger partial charge on any atom is -0.496 e. The Morgan fingerprint density at radius 2 is 1.60 bits per heavy atom. The molecule has 2 aromatic carbocycles. The maximum absolute atomic E-state index is 13.1. The number of likely N-dealkylation sites (N-methyl/N-ethyl adjacent to an activating group) is 2. The Morgan fingerprint density at radius 3 is 2.14 bits per heavy atom. The van der Waals surface area contributed by atoms with Crippen molar-refractivity contribution in [2.45, 2.75) is 23.6 Å². The zero-order valence-corrected chi connectivity index (χ0v) is 22.0. The molecule has 1 N–H and O–H groups in total. The van der Waals surface area contributed by atoms with Crippen LogP contribution in [0.15, 0.2) is 52.3 Å². The first-order valence-electron chi connectivity index (χ1n) is 11.2. The van der Waals surface area contributed by atoms with E-state index in [1.165, 1.54) is 47.8 Å². The van der Waals surface area contributed by atoms with Gasteiger partial charge in [0, 0.05) is 38.4 Å². The van der Waals surface area contributed by atoms with E-state index in [1.807, 2.05) is 7.05 Å². The Labute approximate surface area is 207 Å². The van der Waals surface area contributed by atoms with Crippen molar-refractivity contribution in [2.75, 3.05) is 58.7 Å². The van der Waals surface area contributed by atoms with Crippen LogP contribution in [0.25, 0.3) is 0 Å². The van der Waals surface area contributed by atoms with E-state index in [0.717, 1.165) is 4.31 Å². The number of nitrogens with one attached hydrogen (secondary N) is 1. The summed E-state index contributed by atoms with van der Waals surface area (Å²) in [5, 5.41) is 2.64. The normalized spacial score (nSPS) is 15.8. The number of carbonyl (C=O) groups excluding carboxylic acids is 1. The highest BCUT2D eigenvalue weighted by molar-refractivity contribution is 7.89. The molecule has 1 saturated heterocycles. The quantitative estimate of drug-likeness (QED) is 0.530. The lowest BCUT2D eigenvalue weighted by Crippen LogP contribution is -2.46. The monoisotopic (exact) mass is 524 g/mol. The standard InChI is InChI=1S/C23H32N4O6S2/c1-5-26(35(31,32)21-10-11-22(33-4)18(2)16-21)17-23(28)24-19-6-8-20(9-7-19)34(29,30)27-14-12-25(3)13-15-27/h6-11,16H,5,12-15,17H2,1-4H3,(H,24,28). The van der Waals surface area contributed by atoms with Crippen LogP contribution >= 0.6 is 0 Å². The molecule has 0 radical (unpaired) electrons. The maximum Gasteiger partial charge on any atom is 0.243 e. The van der Waals surface area contributed by atoms with Crippen molar-refractivity contribution in [3.63, 3.8) is 0 Å². The van der Waals surface area contributed by atoms with Gasteiger partial charge in [-0.3, -0.25) is 4.79 Å². The summed E-state index contributed by atoms with van der Waals surface area (Å²) in [6.07, 6.45) is 0. The number of hydrogen-bond donors (Lipinski definition) is 1. The molecule has 0 unspecified atom stereocenters. The molecule has 35 heavy (non-hydrogen) atoms. The van der Waals surface area contributed by atoms with Crippen LogP contribution in [0.2, 0.25) is 0 Å². The van der Waals surface area contributed by atoms with Crippen LogP contribution in [-0.2, 0) is 24.8 Å². The fourth-order valence-corrected chi connectivity index (χ4v) is 6.69. The summed E-state index contributed by atoms with van der Waals surface area (Å²) in [7, 11) is -4.06. The van der Waals surface area contributed by atoms with Gasteiger partial charge in [0.15, 0.2) is 0 Å². The van der Waals surface area contributed by atoms with Gasteiger partial charge in [-0.05, 0) is 62.0 Å². The van der Waals surface area contributed by atoms with Crippen molar-refractivity contribution in [3.8, 4) is 5.75 Å². The highest BCUT2D eigenvalue weighted by atomic mass is 32.2. The van der Waals surface area contributed by atoms with Crippen molar-refractivity contribution >= 4 is 31.6 Å². The minimum atomic E-state index is -3.90. The number of nitrogens with zero attached hydrogens (tertiary/aromatic N) is 3. The van der Waals surface area contributed by atoms with E-state index in [0.29, 0.717) is 43.2 Å². The van der Waals surface area contributed by atoms with Crippen LogP contribution in [0, 0.1) is 6.92 Å². The lowest BCUT2D eigenvalue weighted by Gasteiger charge is -2.31. The number of ether oxygens (including phenoxy) is 1. The lowest BCUT2D eigenvalue weighted by atomic mass is 10.2. The largest absolute Gasteiger partial charge is 0.496 e. The fraction of sp³-hybridized carbons (Fsp3) is 0.435. The lowest BCUT2D eigenvalue weighted by molar-refractivity contribution is -0.116. The number of aryl methyl sites for hydroxylation is 1. The van der Waals surface area contributed by atoms with Gasteiger partial charge in [-0.15, -0.1) is 0 Å². The van der Waals surface area contributed by atoms with E-state index in [1.54, 1.807) is 19.9 Å². The third kappa shape index (κ3) is 6.19. The highest BCUT2D eigenvalue weighted by Gasteiger charge is 2.28. The topological polar surface area (TPSA) is 116 Å². The number of anilines is 1. The Hall–Kier alpha value is -2.51. The van der Waals surface area contributed by atoms with Gasteiger partial charge in [-0.1, -0.05) is 6.92 Å². The summed E-state index contributed by atoms with van der Waals surface area (Å²) in [6.45, 7) is 5.29. The van der Waals surface area contributed by atoms with Gasteiger partial charge in [0.25, 0.3) is 0 Å². The second-order valence-electron chi connectivity index (χ2n) is 8.34. The maximum atomic E-state index is 13.1. The predicted octanol–water partition coefficient (Wildman–Crippen LogP) is 1.59. The Kier molecular flexibility index (Phi) is 8.54. The number of piperazine rings is 1. The van der Waals surface area contributed by atoms with Crippen LogP contribution in [0.1, 0.15) is 12.5 Å². The van der Waals surface area contributed by atoms with Crippen LogP contribution in [0.3, 0.4) is 0 Å². The molecule has 0 aliphatic carbocycles. The molecule has 192 valence electrons. The van der Waals surface area contributed by atoms with E-state index in [4.69, 9.17) is 4.74 Å². The summed E-state index contributed by atoms with van der Waals surface area (Å²) >= 11 is 0. The van der Waals surface area contributed by atoms with Crippen molar-refractivity contribution in [1.82, 2.24) is 13.5 Å². The molecule has 12 heteroatoms. The molecule has 1 aliphatic heterocycles. The number of sulfonamides is 2. The number of methoxy groups -OCH3 is 1. The molecule has 0 atom stereocenters. The number of benzene rings is 2. The van der Waals surface area contributed by atoms with E-state index in [9.17, 15) is 21.6 Å². The van der Waals surface area contributed by atoms with Crippen LogP contribution in [0.5, 0.6) is 5.75 Å².